The highest BCUT2D eigenvalue weighted by atomic mass is 16.4. The number of rotatable bonds is 3. The molecule has 0 spiro atoms. The zero-order valence-corrected chi connectivity index (χ0v) is 13.6. The van der Waals surface area contributed by atoms with Gasteiger partial charge < -0.3 is 21.1 Å². The largest absolute Gasteiger partial charge is 0.436 e. The smallest absolute Gasteiger partial charge is 0.226 e. The lowest BCUT2D eigenvalue weighted by molar-refractivity contribution is 0.318. The first-order valence-corrected chi connectivity index (χ1v) is 7.85. The number of nitrogen functional groups attached to an aromatic ring is 1. The van der Waals surface area contributed by atoms with E-state index in [4.69, 9.17) is 21.1 Å². The Kier molecular flexibility index (Phi) is 3.74. The molecule has 7 nitrogen and oxygen atoms in total. The lowest BCUT2D eigenvalue weighted by atomic mass is 10.1. The van der Waals surface area contributed by atoms with Gasteiger partial charge in [0.1, 0.15) is 5.82 Å². The molecule has 0 radical (unpaired) electrons. The van der Waals surface area contributed by atoms with E-state index in [2.05, 4.69) is 15.1 Å². The van der Waals surface area contributed by atoms with Crippen LogP contribution in [0.4, 0.5) is 5.82 Å². The van der Waals surface area contributed by atoms with Crippen LogP contribution in [0, 0.1) is 0 Å². The maximum atomic E-state index is 8.73. The fourth-order valence-corrected chi connectivity index (χ4v) is 2.78. The predicted molar refractivity (Wildman–Crippen MR) is 99.6 cm³/mol. The van der Waals surface area contributed by atoms with Gasteiger partial charge in [0.05, 0.1) is 6.20 Å². The molecule has 2 aromatic carbocycles. The number of nitrogens with two attached hydrogens (primary N) is 2. The minimum atomic E-state index is 0.0454. The van der Waals surface area contributed by atoms with Crippen molar-refractivity contribution in [1.29, 1.82) is 0 Å². The van der Waals surface area contributed by atoms with Gasteiger partial charge in [-0.1, -0.05) is 41.6 Å². The average Bonchev–Trinajstić information content (AvgIpc) is 3.18. The van der Waals surface area contributed by atoms with Crippen LogP contribution in [0.1, 0.15) is 5.56 Å². The molecule has 0 aliphatic heterocycles. The molecule has 4 rings (SSSR count). The van der Waals surface area contributed by atoms with Crippen molar-refractivity contribution in [3.8, 4) is 22.8 Å². The van der Waals surface area contributed by atoms with Crippen molar-refractivity contribution in [2.75, 3.05) is 5.73 Å². The second-order valence-corrected chi connectivity index (χ2v) is 5.69. The standard InChI is InChI=1S/C19H15N5O2/c20-17(24-25)11-5-7-12(8-6-11)19-23-10-16(26-19)15-9-22-18(21)14-4-2-1-3-13(14)15/h1-10,25H,(H2,20,24)(H2,21,22). The molecule has 0 fully saturated rings. The Hall–Kier alpha value is -3.87. The Labute approximate surface area is 148 Å². The van der Waals surface area contributed by atoms with E-state index < -0.39 is 0 Å². The van der Waals surface area contributed by atoms with Gasteiger partial charge in [0.2, 0.25) is 5.89 Å². The summed E-state index contributed by atoms with van der Waals surface area (Å²) in [5, 5.41) is 13.5. The van der Waals surface area contributed by atoms with Crippen molar-refractivity contribution < 1.29 is 9.62 Å². The summed E-state index contributed by atoms with van der Waals surface area (Å²) in [5.74, 6) is 1.59. The van der Waals surface area contributed by atoms with Crippen molar-refractivity contribution in [2.24, 2.45) is 10.9 Å². The maximum Gasteiger partial charge on any atom is 0.226 e. The molecule has 26 heavy (non-hydrogen) atoms. The molecule has 4 aromatic rings. The first-order chi connectivity index (χ1) is 12.7. The normalized spacial score (nSPS) is 11.8. The highest BCUT2D eigenvalue weighted by molar-refractivity contribution is 6.00. The lowest BCUT2D eigenvalue weighted by Crippen LogP contribution is -2.12. The molecule has 0 unspecified atom stereocenters. The topological polar surface area (TPSA) is 124 Å². The zero-order chi connectivity index (χ0) is 18.1. The molecular formula is C19H15N5O2. The SMILES string of the molecule is N/C(=N\O)c1ccc(-c2ncc(-c3cnc(N)c4ccccc34)o2)cc1. The van der Waals surface area contributed by atoms with E-state index in [0.717, 1.165) is 21.9 Å². The van der Waals surface area contributed by atoms with E-state index >= 15 is 0 Å². The third kappa shape index (κ3) is 2.61. The van der Waals surface area contributed by atoms with Gasteiger partial charge in [0, 0.05) is 28.3 Å². The summed E-state index contributed by atoms with van der Waals surface area (Å²) in [4.78, 5) is 8.60. The number of amidine groups is 1. The number of oxime groups is 1. The quantitative estimate of drug-likeness (QED) is 0.227. The summed E-state index contributed by atoms with van der Waals surface area (Å²) in [6, 6.07) is 14.8. The summed E-state index contributed by atoms with van der Waals surface area (Å²) < 4.78 is 5.93. The monoisotopic (exact) mass is 345 g/mol. The van der Waals surface area contributed by atoms with Gasteiger partial charge in [0.15, 0.2) is 11.6 Å². The third-order valence-corrected chi connectivity index (χ3v) is 4.13. The van der Waals surface area contributed by atoms with Gasteiger partial charge in [-0.25, -0.2) is 9.97 Å². The highest BCUT2D eigenvalue weighted by Gasteiger charge is 2.13. The Morgan fingerprint density at radius 1 is 0.962 bits per heavy atom. The van der Waals surface area contributed by atoms with Gasteiger partial charge in [-0.05, 0) is 17.5 Å². The van der Waals surface area contributed by atoms with Crippen LogP contribution < -0.4 is 11.5 Å². The molecular weight excluding hydrogens is 330 g/mol. The molecule has 0 bridgehead atoms. The Bertz CT molecular complexity index is 1120. The zero-order valence-electron chi connectivity index (χ0n) is 13.6. The molecule has 0 atom stereocenters. The summed E-state index contributed by atoms with van der Waals surface area (Å²) >= 11 is 0. The van der Waals surface area contributed by atoms with Crippen LogP contribution in [-0.2, 0) is 0 Å². The number of anilines is 1. The molecule has 7 heteroatoms. The number of hydrogen-bond donors (Lipinski definition) is 3. The number of hydrogen-bond acceptors (Lipinski definition) is 6. The second-order valence-electron chi connectivity index (χ2n) is 5.69. The van der Waals surface area contributed by atoms with Crippen LogP contribution in [0.2, 0.25) is 0 Å². The van der Waals surface area contributed by atoms with Crippen LogP contribution in [0.3, 0.4) is 0 Å². The third-order valence-electron chi connectivity index (χ3n) is 4.13. The predicted octanol–water partition coefficient (Wildman–Crippen LogP) is 3.23. The van der Waals surface area contributed by atoms with Crippen LogP contribution >= 0.6 is 0 Å². The number of pyridine rings is 1. The Balaban J connectivity index is 1.74. The van der Waals surface area contributed by atoms with Crippen LogP contribution in [0.5, 0.6) is 0 Å². The number of aromatic nitrogens is 2. The second kappa shape index (κ2) is 6.21. The van der Waals surface area contributed by atoms with E-state index in [9.17, 15) is 0 Å². The van der Waals surface area contributed by atoms with Crippen molar-refractivity contribution in [2.45, 2.75) is 0 Å². The van der Waals surface area contributed by atoms with Gasteiger partial charge in [-0.2, -0.15) is 0 Å². The first-order valence-electron chi connectivity index (χ1n) is 7.85. The molecule has 0 saturated heterocycles. The van der Waals surface area contributed by atoms with E-state index in [1.54, 1.807) is 36.7 Å². The molecule has 2 aromatic heterocycles. The highest BCUT2D eigenvalue weighted by Crippen LogP contribution is 2.32. The Morgan fingerprint density at radius 3 is 2.42 bits per heavy atom. The van der Waals surface area contributed by atoms with Crippen molar-refractivity contribution >= 4 is 22.4 Å². The minimum Gasteiger partial charge on any atom is -0.436 e. The summed E-state index contributed by atoms with van der Waals surface area (Å²) in [5.41, 5.74) is 13.7. The first kappa shape index (κ1) is 15.6. The van der Waals surface area contributed by atoms with Gasteiger partial charge in [0.25, 0.3) is 0 Å². The van der Waals surface area contributed by atoms with Crippen molar-refractivity contribution in [1.82, 2.24) is 9.97 Å². The Morgan fingerprint density at radius 2 is 1.69 bits per heavy atom. The van der Waals surface area contributed by atoms with Gasteiger partial charge >= 0.3 is 0 Å². The maximum absolute atomic E-state index is 8.73. The van der Waals surface area contributed by atoms with E-state index in [1.807, 2.05) is 24.3 Å². The van der Waals surface area contributed by atoms with Gasteiger partial charge in [-0.3, -0.25) is 0 Å². The van der Waals surface area contributed by atoms with Crippen LogP contribution in [-0.4, -0.2) is 21.0 Å². The van der Waals surface area contributed by atoms with E-state index in [0.29, 0.717) is 23.0 Å². The molecule has 2 heterocycles. The number of oxazole rings is 1. The lowest BCUT2D eigenvalue weighted by Gasteiger charge is -2.05. The van der Waals surface area contributed by atoms with Crippen LogP contribution in [0.15, 0.2) is 70.5 Å². The molecule has 0 amide bonds. The van der Waals surface area contributed by atoms with E-state index in [1.165, 1.54) is 0 Å². The number of fused-ring (bicyclic) bond motifs is 1. The van der Waals surface area contributed by atoms with Crippen LogP contribution in [0.25, 0.3) is 33.6 Å². The molecule has 0 aliphatic carbocycles. The molecule has 0 saturated carbocycles. The summed E-state index contributed by atoms with van der Waals surface area (Å²) in [6.45, 7) is 0. The minimum absolute atomic E-state index is 0.0454. The summed E-state index contributed by atoms with van der Waals surface area (Å²) in [6.07, 6.45) is 3.34. The van der Waals surface area contributed by atoms with Crippen molar-refractivity contribution in [3.05, 3.63) is 66.5 Å². The fourth-order valence-electron chi connectivity index (χ4n) is 2.78. The number of benzene rings is 2. The molecule has 128 valence electrons. The number of nitrogens with zero attached hydrogens (tertiary/aromatic N) is 3. The summed E-state index contributed by atoms with van der Waals surface area (Å²) in [7, 11) is 0. The molecule has 0 aliphatic rings. The van der Waals surface area contributed by atoms with E-state index in [-0.39, 0.29) is 5.84 Å². The average molecular weight is 345 g/mol. The van der Waals surface area contributed by atoms with Gasteiger partial charge in [-0.15, -0.1) is 0 Å². The van der Waals surface area contributed by atoms with Crippen molar-refractivity contribution in [3.63, 3.8) is 0 Å². The fraction of sp³-hybridized carbons (Fsp3) is 0. The molecule has 5 N–H and O–H groups in total.